The Kier molecular flexibility index (Phi) is 5.00. The molecule has 0 radical (unpaired) electrons. The molecular weight excluding hydrogens is 378 g/mol. The van der Waals surface area contributed by atoms with Gasteiger partial charge >= 0.3 is 0 Å². The molecule has 7 heteroatoms. The van der Waals surface area contributed by atoms with E-state index in [0.717, 1.165) is 10.9 Å². The van der Waals surface area contributed by atoms with E-state index >= 15 is 0 Å². The number of sulfone groups is 1. The van der Waals surface area contributed by atoms with Gasteiger partial charge in [0.1, 0.15) is 0 Å². The minimum Gasteiger partial charge on any atom is -0.337 e. The number of hydrogen-bond acceptors (Lipinski definition) is 3. The lowest BCUT2D eigenvalue weighted by atomic mass is 10.1. The van der Waals surface area contributed by atoms with Crippen LogP contribution in [0.3, 0.4) is 0 Å². The molecule has 1 aromatic rings. The van der Waals surface area contributed by atoms with Gasteiger partial charge in [-0.1, -0.05) is 27.5 Å². The summed E-state index contributed by atoms with van der Waals surface area (Å²) in [6, 6.07) is 4.78. The first kappa shape index (κ1) is 16.8. The maximum Gasteiger partial charge on any atom is 0.255 e. The smallest absolute Gasteiger partial charge is 0.255 e. The van der Waals surface area contributed by atoms with E-state index in [0.29, 0.717) is 23.4 Å². The minimum atomic E-state index is -3.17. The second-order valence-electron chi connectivity index (χ2n) is 5.41. The molecule has 0 heterocycles. The fraction of sp³-hybridized carbons (Fsp3) is 0.500. The molecule has 21 heavy (non-hydrogen) atoms. The zero-order valence-electron chi connectivity index (χ0n) is 11.8. The maximum atomic E-state index is 12.6. The third-order valence-electron chi connectivity index (χ3n) is 3.94. The van der Waals surface area contributed by atoms with Crippen molar-refractivity contribution in [3.05, 3.63) is 33.3 Å². The van der Waals surface area contributed by atoms with Crippen LogP contribution >= 0.6 is 27.5 Å². The van der Waals surface area contributed by atoms with Gasteiger partial charge in [0.25, 0.3) is 5.91 Å². The van der Waals surface area contributed by atoms with Gasteiger partial charge in [-0.2, -0.15) is 0 Å². The summed E-state index contributed by atoms with van der Waals surface area (Å²) < 4.78 is 24.5. The van der Waals surface area contributed by atoms with E-state index in [-0.39, 0.29) is 11.9 Å². The predicted molar refractivity (Wildman–Crippen MR) is 87.5 cm³/mol. The van der Waals surface area contributed by atoms with Crippen molar-refractivity contribution in [1.82, 2.24) is 4.90 Å². The van der Waals surface area contributed by atoms with Crippen LogP contribution in [0.4, 0.5) is 0 Å². The van der Waals surface area contributed by atoms with Crippen molar-refractivity contribution in [2.75, 3.05) is 13.3 Å². The summed E-state index contributed by atoms with van der Waals surface area (Å²) in [6.07, 6.45) is 3.35. The Morgan fingerprint density at radius 1 is 1.38 bits per heavy atom. The molecule has 0 aromatic heterocycles. The molecular formula is C14H17BrClNO3S. The summed E-state index contributed by atoms with van der Waals surface area (Å²) in [5.74, 6) is -0.248. The summed E-state index contributed by atoms with van der Waals surface area (Å²) in [5.41, 5.74) is 0.382. The molecule has 1 aromatic carbocycles. The van der Waals surface area contributed by atoms with E-state index in [1.807, 2.05) is 0 Å². The first-order valence-electron chi connectivity index (χ1n) is 6.63. The first-order valence-corrected chi connectivity index (χ1v) is 9.75. The highest BCUT2D eigenvalue weighted by Crippen LogP contribution is 2.31. The van der Waals surface area contributed by atoms with E-state index < -0.39 is 15.1 Å². The zero-order valence-corrected chi connectivity index (χ0v) is 15.0. The Balaban J connectivity index is 2.29. The SMILES string of the molecule is CN(C(=O)c1cc(Br)ccc1Cl)[C@@H]1CCC[C@H]1S(C)(=O)=O. The molecule has 1 fully saturated rings. The van der Waals surface area contributed by atoms with E-state index in [4.69, 9.17) is 11.6 Å². The quantitative estimate of drug-likeness (QED) is 0.791. The van der Waals surface area contributed by atoms with Crippen molar-refractivity contribution in [1.29, 1.82) is 0 Å². The number of hydrogen-bond donors (Lipinski definition) is 0. The van der Waals surface area contributed by atoms with Crippen LogP contribution in [0, 0.1) is 0 Å². The molecule has 0 bridgehead atoms. The standard InChI is InChI=1S/C14H17BrClNO3S/c1-17(12-4-3-5-13(12)21(2,19)20)14(18)10-8-9(15)6-7-11(10)16/h6-8,12-13H,3-5H2,1-2H3/t12-,13-/m1/s1. The number of benzene rings is 1. The third-order valence-corrected chi connectivity index (χ3v) is 6.42. The lowest BCUT2D eigenvalue weighted by Gasteiger charge is -2.29. The van der Waals surface area contributed by atoms with Crippen LogP contribution in [-0.4, -0.2) is 43.8 Å². The van der Waals surface area contributed by atoms with Gasteiger partial charge in [-0.25, -0.2) is 8.42 Å². The highest BCUT2D eigenvalue weighted by molar-refractivity contribution is 9.10. The lowest BCUT2D eigenvalue weighted by molar-refractivity contribution is 0.0737. The van der Waals surface area contributed by atoms with Gasteiger partial charge in [-0.05, 0) is 37.5 Å². The van der Waals surface area contributed by atoms with E-state index in [1.54, 1.807) is 25.2 Å². The number of carbonyl (C=O) groups is 1. The van der Waals surface area contributed by atoms with Crippen molar-refractivity contribution >= 4 is 43.3 Å². The number of halogens is 2. The van der Waals surface area contributed by atoms with Crippen molar-refractivity contribution in [2.45, 2.75) is 30.6 Å². The Labute approximate surface area is 138 Å². The van der Waals surface area contributed by atoms with E-state index in [9.17, 15) is 13.2 Å². The summed E-state index contributed by atoms with van der Waals surface area (Å²) in [4.78, 5) is 14.1. The Morgan fingerprint density at radius 3 is 2.67 bits per heavy atom. The van der Waals surface area contributed by atoms with Gasteiger partial charge in [-0.15, -0.1) is 0 Å². The summed E-state index contributed by atoms with van der Waals surface area (Å²) >= 11 is 9.40. The zero-order chi connectivity index (χ0) is 15.8. The molecule has 0 spiro atoms. The van der Waals surface area contributed by atoms with Crippen molar-refractivity contribution in [3.8, 4) is 0 Å². The molecule has 0 saturated heterocycles. The summed E-state index contributed by atoms with van der Waals surface area (Å²) in [5, 5.41) is -0.124. The Bertz CT molecular complexity index is 662. The molecule has 0 unspecified atom stereocenters. The van der Waals surface area contributed by atoms with Crippen LogP contribution < -0.4 is 0 Å². The average molecular weight is 395 g/mol. The van der Waals surface area contributed by atoms with Crippen LogP contribution in [-0.2, 0) is 9.84 Å². The maximum absolute atomic E-state index is 12.6. The number of rotatable bonds is 3. The lowest BCUT2D eigenvalue weighted by Crippen LogP contribution is -2.44. The van der Waals surface area contributed by atoms with Crippen LogP contribution in [0.5, 0.6) is 0 Å². The Morgan fingerprint density at radius 2 is 2.05 bits per heavy atom. The molecule has 0 N–H and O–H groups in total. The first-order chi connectivity index (χ1) is 9.71. The summed E-state index contributed by atoms with van der Waals surface area (Å²) in [7, 11) is -1.52. The van der Waals surface area contributed by atoms with Crippen molar-refractivity contribution in [2.24, 2.45) is 0 Å². The van der Waals surface area contributed by atoms with Crippen LogP contribution in [0.15, 0.2) is 22.7 Å². The second-order valence-corrected chi connectivity index (χ2v) is 8.99. The molecule has 1 amide bonds. The second kappa shape index (κ2) is 6.26. The average Bonchev–Trinajstić information content (AvgIpc) is 2.89. The van der Waals surface area contributed by atoms with Crippen LogP contribution in [0.2, 0.25) is 5.02 Å². The minimum absolute atomic E-state index is 0.248. The third kappa shape index (κ3) is 3.60. The fourth-order valence-corrected chi connectivity index (χ4v) is 4.89. The van der Waals surface area contributed by atoms with Gasteiger partial charge in [0, 0.05) is 23.8 Å². The Hall–Kier alpha value is -0.590. The molecule has 1 aliphatic carbocycles. The van der Waals surface area contributed by atoms with Crippen molar-refractivity contribution in [3.63, 3.8) is 0 Å². The topological polar surface area (TPSA) is 54.5 Å². The monoisotopic (exact) mass is 393 g/mol. The highest BCUT2D eigenvalue weighted by atomic mass is 79.9. The van der Waals surface area contributed by atoms with E-state index in [2.05, 4.69) is 15.9 Å². The van der Waals surface area contributed by atoms with Gasteiger partial charge in [0.05, 0.1) is 15.8 Å². The van der Waals surface area contributed by atoms with E-state index in [1.165, 1.54) is 11.2 Å². The number of amides is 1. The number of carbonyl (C=O) groups excluding carboxylic acids is 1. The van der Waals surface area contributed by atoms with Gasteiger partial charge in [0.15, 0.2) is 9.84 Å². The van der Waals surface area contributed by atoms with Crippen molar-refractivity contribution < 1.29 is 13.2 Å². The summed E-state index contributed by atoms with van der Waals surface area (Å²) in [6.45, 7) is 0. The molecule has 2 rings (SSSR count). The molecule has 116 valence electrons. The molecule has 4 nitrogen and oxygen atoms in total. The highest BCUT2D eigenvalue weighted by Gasteiger charge is 2.39. The molecule has 1 saturated carbocycles. The van der Waals surface area contributed by atoms with Crippen LogP contribution in [0.25, 0.3) is 0 Å². The van der Waals surface area contributed by atoms with Gasteiger partial charge in [-0.3, -0.25) is 4.79 Å². The normalized spacial score (nSPS) is 22.3. The van der Waals surface area contributed by atoms with Gasteiger partial charge in [0.2, 0.25) is 0 Å². The fourth-order valence-electron chi connectivity index (χ4n) is 2.85. The largest absolute Gasteiger partial charge is 0.337 e. The van der Waals surface area contributed by atoms with Crippen LogP contribution in [0.1, 0.15) is 29.6 Å². The molecule has 2 atom stereocenters. The molecule has 1 aliphatic rings. The molecule has 0 aliphatic heterocycles. The van der Waals surface area contributed by atoms with Gasteiger partial charge < -0.3 is 4.90 Å². The number of nitrogens with zero attached hydrogens (tertiary/aromatic N) is 1. The predicted octanol–water partition coefficient (Wildman–Crippen LogP) is 3.14.